The van der Waals surface area contributed by atoms with Gasteiger partial charge in [0.05, 0.1) is 0 Å². The lowest BCUT2D eigenvalue weighted by Gasteiger charge is -2.24. The van der Waals surface area contributed by atoms with Crippen LogP contribution in [0.2, 0.25) is 0 Å². The van der Waals surface area contributed by atoms with Crippen LogP contribution in [0.25, 0.3) is 11.6 Å². The zero-order chi connectivity index (χ0) is 21.9. The maximum atomic E-state index is 12.8. The van der Waals surface area contributed by atoms with Gasteiger partial charge in [0.1, 0.15) is 5.69 Å². The maximum absolute atomic E-state index is 12.8. The van der Waals surface area contributed by atoms with Gasteiger partial charge >= 0.3 is 5.51 Å². The fraction of sp³-hybridized carbons (Fsp3) is 0.250. The predicted molar refractivity (Wildman–Crippen MR) is 106 cm³/mol. The molecule has 0 saturated heterocycles. The van der Waals surface area contributed by atoms with Crippen molar-refractivity contribution in [1.29, 1.82) is 0 Å². The van der Waals surface area contributed by atoms with E-state index in [-0.39, 0.29) is 46.2 Å². The lowest BCUT2D eigenvalue weighted by atomic mass is 9.80. The van der Waals surface area contributed by atoms with Gasteiger partial charge in [0, 0.05) is 29.8 Å². The smallest absolute Gasteiger partial charge is 0.304 e. The molecule has 2 heterocycles. The molecule has 0 bridgehead atoms. The van der Waals surface area contributed by atoms with Crippen molar-refractivity contribution in [3.63, 3.8) is 0 Å². The van der Waals surface area contributed by atoms with Gasteiger partial charge < -0.3 is 4.98 Å². The van der Waals surface area contributed by atoms with E-state index in [2.05, 4.69) is 19.9 Å². The number of Topliss-reactive ketones (excluding diaryl/α,β-unsaturated/α-hetero) is 1. The minimum atomic E-state index is -4.36. The highest BCUT2D eigenvalue weighted by atomic mass is 32.2. The van der Waals surface area contributed by atoms with Crippen LogP contribution in [0, 0.1) is 0 Å². The molecule has 0 unspecified atom stereocenters. The van der Waals surface area contributed by atoms with Crippen molar-refractivity contribution in [1.82, 2.24) is 19.9 Å². The first kappa shape index (κ1) is 21.7. The number of carbonyl (C=O) groups excluding carboxylic acids is 1. The molecular formula is C20H17F3N4O2S. The van der Waals surface area contributed by atoms with Gasteiger partial charge in [-0.3, -0.25) is 9.59 Å². The number of alkyl halides is 3. The Morgan fingerprint density at radius 2 is 1.73 bits per heavy atom. The molecule has 3 aromatic rings. The van der Waals surface area contributed by atoms with Gasteiger partial charge in [-0.15, -0.1) is 0 Å². The average molecular weight is 434 g/mol. The largest absolute Gasteiger partial charge is 0.446 e. The molecule has 0 fully saturated rings. The lowest BCUT2D eigenvalue weighted by molar-refractivity contribution is -0.0328. The Morgan fingerprint density at radius 3 is 2.33 bits per heavy atom. The first-order chi connectivity index (χ1) is 14.0. The zero-order valence-corrected chi connectivity index (χ0v) is 16.8. The minimum Gasteiger partial charge on any atom is -0.304 e. The number of thioether (sulfide) groups is 1. The van der Waals surface area contributed by atoms with E-state index < -0.39 is 16.5 Å². The van der Waals surface area contributed by atoms with Gasteiger partial charge in [0.25, 0.3) is 5.56 Å². The highest BCUT2D eigenvalue weighted by molar-refractivity contribution is 8.00. The Morgan fingerprint density at radius 1 is 1.10 bits per heavy atom. The topological polar surface area (TPSA) is 88.6 Å². The average Bonchev–Trinajstić information content (AvgIpc) is 2.67. The SMILES string of the molecule is CC(C)(CC(=O)c1cc(=O)[nH]c(-c2ncccn2)n1)c1ccc(SC(F)(F)F)cc1. The number of nitrogens with zero attached hydrogens (tertiary/aromatic N) is 3. The number of benzene rings is 1. The van der Waals surface area contributed by atoms with Crippen LogP contribution in [0.4, 0.5) is 13.2 Å². The summed E-state index contributed by atoms with van der Waals surface area (Å²) in [7, 11) is 0. The summed E-state index contributed by atoms with van der Waals surface area (Å²) in [5, 5.41) is 0. The van der Waals surface area contributed by atoms with E-state index in [1.165, 1.54) is 24.5 Å². The van der Waals surface area contributed by atoms with Crippen LogP contribution in [-0.2, 0) is 5.41 Å². The molecule has 10 heteroatoms. The number of halogens is 3. The second-order valence-corrected chi connectivity index (χ2v) is 8.25. The summed E-state index contributed by atoms with van der Waals surface area (Å²) < 4.78 is 37.5. The van der Waals surface area contributed by atoms with Gasteiger partial charge in [-0.1, -0.05) is 26.0 Å². The Labute approximate surface area is 174 Å². The standard InChI is InChI=1S/C20H17F3N4O2S/c1-19(2,12-4-6-13(7-5-12)30-20(21,22)23)11-15(28)14-10-16(29)27-18(26-14)17-24-8-3-9-25-17/h3-10H,11H2,1-2H3,(H,26,27,29). The van der Waals surface area contributed by atoms with E-state index in [0.717, 1.165) is 6.07 Å². The van der Waals surface area contributed by atoms with E-state index >= 15 is 0 Å². The second kappa shape index (κ2) is 8.39. The van der Waals surface area contributed by atoms with Crippen molar-refractivity contribution in [3.8, 4) is 11.6 Å². The molecule has 6 nitrogen and oxygen atoms in total. The number of aromatic nitrogens is 4. The fourth-order valence-corrected chi connectivity index (χ4v) is 3.37. The highest BCUT2D eigenvalue weighted by Gasteiger charge is 2.30. The molecule has 156 valence electrons. The number of aromatic amines is 1. The summed E-state index contributed by atoms with van der Waals surface area (Å²) in [6.07, 6.45) is 2.98. The van der Waals surface area contributed by atoms with Crippen molar-refractivity contribution in [3.05, 3.63) is 70.4 Å². The third-order valence-corrected chi connectivity index (χ3v) is 5.02. The minimum absolute atomic E-state index is 0.00427. The first-order valence-electron chi connectivity index (χ1n) is 8.82. The molecule has 3 rings (SSSR count). The Kier molecular flexibility index (Phi) is 6.06. The Balaban J connectivity index is 1.81. The Hall–Kier alpha value is -3.01. The molecule has 0 aliphatic carbocycles. The number of carbonyl (C=O) groups is 1. The molecule has 0 aliphatic heterocycles. The molecular weight excluding hydrogens is 417 g/mol. The number of nitrogens with one attached hydrogen (secondary N) is 1. The van der Waals surface area contributed by atoms with Gasteiger partial charge in [-0.05, 0) is 40.9 Å². The molecule has 0 spiro atoms. The van der Waals surface area contributed by atoms with Crippen LogP contribution in [0.3, 0.4) is 0 Å². The summed E-state index contributed by atoms with van der Waals surface area (Å²) >= 11 is -0.195. The van der Waals surface area contributed by atoms with Crippen LogP contribution in [0.5, 0.6) is 0 Å². The molecule has 1 aromatic carbocycles. The van der Waals surface area contributed by atoms with Crippen molar-refractivity contribution in [2.75, 3.05) is 0 Å². The van der Waals surface area contributed by atoms with Crippen LogP contribution >= 0.6 is 11.8 Å². The van der Waals surface area contributed by atoms with Crippen LogP contribution in [-0.4, -0.2) is 31.2 Å². The first-order valence-corrected chi connectivity index (χ1v) is 9.63. The quantitative estimate of drug-likeness (QED) is 0.457. The third kappa shape index (κ3) is 5.53. The van der Waals surface area contributed by atoms with E-state index in [0.29, 0.717) is 5.56 Å². The van der Waals surface area contributed by atoms with Crippen LogP contribution in [0.15, 0.2) is 58.5 Å². The van der Waals surface area contributed by atoms with E-state index in [1.807, 2.05) is 0 Å². The molecule has 2 aromatic heterocycles. The normalized spacial score (nSPS) is 12.0. The van der Waals surface area contributed by atoms with E-state index in [9.17, 15) is 22.8 Å². The summed E-state index contributed by atoms with van der Waals surface area (Å²) in [5.41, 5.74) is -4.90. The summed E-state index contributed by atoms with van der Waals surface area (Å²) in [5.74, 6) is -0.115. The van der Waals surface area contributed by atoms with Crippen LogP contribution in [0.1, 0.15) is 36.3 Å². The summed E-state index contributed by atoms with van der Waals surface area (Å²) in [4.78, 5) is 39.6. The predicted octanol–water partition coefficient (Wildman–Crippen LogP) is 4.39. The molecule has 1 N–H and O–H groups in total. The fourth-order valence-electron chi connectivity index (χ4n) is 2.83. The zero-order valence-electron chi connectivity index (χ0n) is 16.0. The van der Waals surface area contributed by atoms with Crippen molar-refractivity contribution < 1.29 is 18.0 Å². The number of hydrogen-bond donors (Lipinski definition) is 1. The van der Waals surface area contributed by atoms with Gasteiger partial charge in [-0.2, -0.15) is 13.2 Å². The lowest BCUT2D eigenvalue weighted by Crippen LogP contribution is -2.24. The number of hydrogen-bond acceptors (Lipinski definition) is 6. The summed E-state index contributed by atoms with van der Waals surface area (Å²) in [6, 6.07) is 8.59. The molecule has 0 radical (unpaired) electrons. The van der Waals surface area contributed by atoms with Gasteiger partial charge in [0.2, 0.25) is 0 Å². The Bertz CT molecular complexity index is 1100. The van der Waals surface area contributed by atoms with E-state index in [4.69, 9.17) is 0 Å². The van der Waals surface area contributed by atoms with Crippen molar-refractivity contribution >= 4 is 17.5 Å². The molecule has 0 saturated carbocycles. The second-order valence-electron chi connectivity index (χ2n) is 7.11. The maximum Gasteiger partial charge on any atom is 0.446 e. The molecule has 0 atom stereocenters. The van der Waals surface area contributed by atoms with Crippen LogP contribution < -0.4 is 5.56 Å². The number of rotatable bonds is 6. The number of ketones is 1. The number of H-pyrrole nitrogens is 1. The van der Waals surface area contributed by atoms with Crippen molar-refractivity contribution in [2.45, 2.75) is 36.1 Å². The van der Waals surface area contributed by atoms with E-state index in [1.54, 1.807) is 32.0 Å². The highest BCUT2D eigenvalue weighted by Crippen LogP contribution is 2.38. The van der Waals surface area contributed by atoms with Crippen molar-refractivity contribution in [2.24, 2.45) is 0 Å². The third-order valence-electron chi connectivity index (χ3n) is 4.28. The van der Waals surface area contributed by atoms with Gasteiger partial charge in [0.15, 0.2) is 17.4 Å². The molecule has 30 heavy (non-hydrogen) atoms. The monoisotopic (exact) mass is 434 g/mol. The molecule has 0 amide bonds. The molecule has 0 aliphatic rings. The summed E-state index contributed by atoms with van der Waals surface area (Å²) in [6.45, 7) is 3.59. The van der Waals surface area contributed by atoms with Gasteiger partial charge in [-0.25, -0.2) is 15.0 Å².